The Morgan fingerprint density at radius 1 is 1.14 bits per heavy atom. The van der Waals surface area contributed by atoms with E-state index in [1.54, 1.807) is 23.0 Å². The molecule has 0 aliphatic carbocycles. The van der Waals surface area contributed by atoms with Gasteiger partial charge in [-0.15, -0.1) is 15.3 Å². The fourth-order valence-electron chi connectivity index (χ4n) is 1.81. The highest BCUT2D eigenvalue weighted by molar-refractivity contribution is 6.30. The maximum absolute atomic E-state index is 8.84. The molecule has 0 fully saturated rings. The highest BCUT2D eigenvalue weighted by Crippen LogP contribution is 2.20. The molecule has 3 aromatic rings. The van der Waals surface area contributed by atoms with E-state index in [0.717, 1.165) is 11.3 Å². The van der Waals surface area contributed by atoms with Gasteiger partial charge >= 0.3 is 0 Å². The smallest absolute Gasteiger partial charge is 0.247 e. The Morgan fingerprint density at radius 3 is 2.71 bits per heavy atom. The molecule has 2 heterocycles. The van der Waals surface area contributed by atoms with E-state index in [4.69, 9.17) is 21.1 Å². The summed E-state index contributed by atoms with van der Waals surface area (Å²) >= 11 is 5.84. The first-order valence-corrected chi connectivity index (χ1v) is 6.70. The van der Waals surface area contributed by atoms with Crippen LogP contribution in [0.5, 0.6) is 0 Å². The van der Waals surface area contributed by atoms with Crippen molar-refractivity contribution in [1.29, 1.82) is 0 Å². The van der Waals surface area contributed by atoms with Crippen LogP contribution in [0.1, 0.15) is 11.6 Å². The molecule has 0 radical (unpaired) electrons. The molecular weight excluding hydrogens is 294 g/mol. The number of benzene rings is 1. The molecular formula is C13H12ClN5O2. The Hall–Kier alpha value is -2.25. The minimum Gasteiger partial charge on any atom is -0.419 e. The van der Waals surface area contributed by atoms with Crippen molar-refractivity contribution in [1.82, 2.24) is 25.2 Å². The Bertz CT molecular complexity index is 722. The molecule has 1 aromatic carbocycles. The van der Waals surface area contributed by atoms with E-state index in [1.165, 1.54) is 0 Å². The van der Waals surface area contributed by atoms with Gasteiger partial charge in [-0.1, -0.05) is 16.8 Å². The molecule has 1 N–H and O–H groups in total. The van der Waals surface area contributed by atoms with E-state index in [0.29, 0.717) is 29.8 Å². The lowest BCUT2D eigenvalue weighted by Crippen LogP contribution is -2.00. The van der Waals surface area contributed by atoms with E-state index >= 15 is 0 Å². The average molecular weight is 306 g/mol. The van der Waals surface area contributed by atoms with Crippen LogP contribution in [0, 0.1) is 0 Å². The molecule has 0 spiro atoms. The van der Waals surface area contributed by atoms with Crippen LogP contribution in [0.25, 0.3) is 11.5 Å². The van der Waals surface area contributed by atoms with Crippen molar-refractivity contribution < 1.29 is 9.52 Å². The molecule has 21 heavy (non-hydrogen) atoms. The first kappa shape index (κ1) is 13.7. The third kappa shape index (κ3) is 3.26. The molecule has 0 bridgehead atoms. The van der Waals surface area contributed by atoms with Crippen LogP contribution in [-0.4, -0.2) is 36.9 Å². The molecule has 0 aliphatic rings. The molecule has 0 amide bonds. The molecule has 8 heteroatoms. The number of hydrogen-bond acceptors (Lipinski definition) is 6. The molecule has 3 rings (SSSR count). The zero-order valence-electron chi connectivity index (χ0n) is 11.0. The van der Waals surface area contributed by atoms with Crippen LogP contribution in [0.15, 0.2) is 34.9 Å². The van der Waals surface area contributed by atoms with Gasteiger partial charge in [-0.05, 0) is 24.3 Å². The first-order chi connectivity index (χ1) is 10.2. The van der Waals surface area contributed by atoms with Gasteiger partial charge in [0.25, 0.3) is 0 Å². The van der Waals surface area contributed by atoms with Crippen molar-refractivity contribution in [3.05, 3.63) is 47.1 Å². The molecule has 0 saturated heterocycles. The Balaban J connectivity index is 1.73. The first-order valence-electron chi connectivity index (χ1n) is 6.33. The summed E-state index contributed by atoms with van der Waals surface area (Å²) in [5.41, 5.74) is 1.52. The van der Waals surface area contributed by atoms with Gasteiger partial charge in [-0.2, -0.15) is 0 Å². The normalized spacial score (nSPS) is 11.0. The maximum Gasteiger partial charge on any atom is 0.247 e. The number of hydrogen-bond donors (Lipinski definition) is 1. The maximum atomic E-state index is 8.84. The van der Waals surface area contributed by atoms with Gasteiger partial charge in [-0.25, -0.2) is 4.68 Å². The molecule has 0 unspecified atom stereocenters. The van der Waals surface area contributed by atoms with E-state index in [-0.39, 0.29) is 6.61 Å². The van der Waals surface area contributed by atoms with E-state index in [1.807, 2.05) is 12.1 Å². The summed E-state index contributed by atoms with van der Waals surface area (Å²) in [6.45, 7) is 0.374. The Labute approximate surface area is 125 Å². The van der Waals surface area contributed by atoms with Crippen molar-refractivity contribution in [2.45, 2.75) is 13.0 Å². The van der Waals surface area contributed by atoms with Crippen molar-refractivity contribution in [2.75, 3.05) is 6.61 Å². The fourth-order valence-corrected chi connectivity index (χ4v) is 1.94. The van der Waals surface area contributed by atoms with Crippen LogP contribution in [0.2, 0.25) is 5.02 Å². The van der Waals surface area contributed by atoms with Crippen molar-refractivity contribution >= 4 is 11.6 Å². The van der Waals surface area contributed by atoms with Crippen LogP contribution in [0.3, 0.4) is 0 Å². The van der Waals surface area contributed by atoms with Crippen LogP contribution < -0.4 is 0 Å². The topological polar surface area (TPSA) is 89.9 Å². The van der Waals surface area contributed by atoms with Gasteiger partial charge in [0, 0.05) is 29.8 Å². The van der Waals surface area contributed by atoms with Crippen LogP contribution in [0.4, 0.5) is 0 Å². The van der Waals surface area contributed by atoms with E-state index < -0.39 is 0 Å². The van der Waals surface area contributed by atoms with E-state index in [9.17, 15) is 0 Å². The highest BCUT2D eigenvalue weighted by atomic mass is 35.5. The standard InChI is InChI=1S/C13H12ClN5O2/c14-10-3-1-9(2-4-10)13-17-16-12(21-13)8-19-7-11(5-6-20)15-18-19/h1-4,7,20H,5-6,8H2. The number of rotatable bonds is 5. The zero-order valence-corrected chi connectivity index (χ0v) is 11.7. The second-order valence-electron chi connectivity index (χ2n) is 4.39. The summed E-state index contributed by atoms with van der Waals surface area (Å²) in [6, 6.07) is 7.15. The molecule has 2 aromatic heterocycles. The lowest BCUT2D eigenvalue weighted by molar-refractivity contribution is 0.298. The molecule has 0 saturated carbocycles. The number of halogens is 1. The number of aliphatic hydroxyl groups is 1. The molecule has 0 aliphatic heterocycles. The highest BCUT2D eigenvalue weighted by Gasteiger charge is 2.10. The number of aromatic nitrogens is 5. The molecule has 0 atom stereocenters. The monoisotopic (exact) mass is 305 g/mol. The summed E-state index contributed by atoms with van der Waals surface area (Å²) in [5, 5.41) is 25.3. The SMILES string of the molecule is OCCc1cn(Cc2nnc(-c3ccc(Cl)cc3)o2)nn1. The third-order valence-corrected chi connectivity index (χ3v) is 3.06. The van der Waals surface area contributed by atoms with Crippen LogP contribution in [-0.2, 0) is 13.0 Å². The molecule has 7 nitrogen and oxygen atoms in total. The average Bonchev–Trinajstić information content (AvgIpc) is 3.11. The summed E-state index contributed by atoms with van der Waals surface area (Å²) in [6.07, 6.45) is 2.21. The van der Waals surface area contributed by atoms with Gasteiger partial charge < -0.3 is 9.52 Å². The summed E-state index contributed by atoms with van der Waals surface area (Å²) in [5.74, 6) is 0.859. The Kier molecular flexibility index (Phi) is 3.94. The number of aliphatic hydroxyl groups excluding tert-OH is 1. The van der Waals surface area contributed by atoms with Gasteiger partial charge in [0.1, 0.15) is 6.54 Å². The van der Waals surface area contributed by atoms with E-state index in [2.05, 4.69) is 20.5 Å². The zero-order chi connectivity index (χ0) is 14.7. The number of nitrogens with zero attached hydrogens (tertiary/aromatic N) is 5. The lowest BCUT2D eigenvalue weighted by Gasteiger charge is -1.95. The minimum atomic E-state index is 0.0416. The van der Waals surface area contributed by atoms with Crippen LogP contribution >= 0.6 is 11.6 Å². The second kappa shape index (κ2) is 6.02. The fraction of sp³-hybridized carbons (Fsp3) is 0.231. The minimum absolute atomic E-state index is 0.0416. The Morgan fingerprint density at radius 2 is 1.95 bits per heavy atom. The summed E-state index contributed by atoms with van der Waals surface area (Å²) in [4.78, 5) is 0. The van der Waals surface area contributed by atoms with Gasteiger partial charge in [0.15, 0.2) is 0 Å². The quantitative estimate of drug-likeness (QED) is 0.769. The summed E-state index contributed by atoms with van der Waals surface area (Å²) < 4.78 is 7.17. The van der Waals surface area contributed by atoms with Gasteiger partial charge in [0.05, 0.1) is 5.69 Å². The van der Waals surface area contributed by atoms with Gasteiger partial charge in [0.2, 0.25) is 11.8 Å². The largest absolute Gasteiger partial charge is 0.419 e. The predicted octanol–water partition coefficient (Wildman–Crippen LogP) is 1.56. The predicted molar refractivity (Wildman–Crippen MR) is 74.7 cm³/mol. The second-order valence-corrected chi connectivity index (χ2v) is 4.83. The van der Waals surface area contributed by atoms with Crippen molar-refractivity contribution in [2.24, 2.45) is 0 Å². The van der Waals surface area contributed by atoms with Crippen molar-refractivity contribution in [3.63, 3.8) is 0 Å². The summed E-state index contributed by atoms with van der Waals surface area (Å²) in [7, 11) is 0. The third-order valence-electron chi connectivity index (χ3n) is 2.81. The van der Waals surface area contributed by atoms with Gasteiger partial charge in [-0.3, -0.25) is 0 Å². The van der Waals surface area contributed by atoms with Crippen molar-refractivity contribution in [3.8, 4) is 11.5 Å². The molecule has 108 valence electrons. The lowest BCUT2D eigenvalue weighted by atomic mass is 10.2.